The van der Waals surface area contributed by atoms with Crippen LogP contribution in [0.5, 0.6) is 5.75 Å². The van der Waals surface area contributed by atoms with Crippen LogP contribution in [0.1, 0.15) is 42.5 Å². The van der Waals surface area contributed by atoms with Crippen molar-refractivity contribution in [1.82, 2.24) is 16.0 Å². The van der Waals surface area contributed by atoms with Gasteiger partial charge in [0.25, 0.3) is 5.91 Å². The van der Waals surface area contributed by atoms with Gasteiger partial charge in [-0.2, -0.15) is 0 Å². The lowest BCUT2D eigenvalue weighted by atomic mass is 9.63. The van der Waals surface area contributed by atoms with Gasteiger partial charge in [-0.25, -0.2) is 0 Å². The van der Waals surface area contributed by atoms with E-state index in [1.807, 2.05) is 18.2 Å². The average Bonchev–Trinajstić information content (AvgIpc) is 2.82. The van der Waals surface area contributed by atoms with Crippen molar-refractivity contribution in [3.05, 3.63) is 66.8 Å². The Hall–Kier alpha value is -3.02. The number of ether oxygens (including phenoxy) is 1. The second kappa shape index (κ2) is 10.8. The molecule has 1 unspecified atom stereocenters. The molecule has 0 radical (unpaired) electrons. The monoisotopic (exact) mass is 422 g/mol. The lowest BCUT2D eigenvalue weighted by Gasteiger charge is -2.45. The van der Waals surface area contributed by atoms with Gasteiger partial charge in [0.1, 0.15) is 5.75 Å². The molecule has 1 fully saturated rings. The van der Waals surface area contributed by atoms with Crippen LogP contribution in [0.3, 0.4) is 0 Å². The van der Waals surface area contributed by atoms with Crippen LogP contribution in [0.4, 0.5) is 0 Å². The third-order valence-electron chi connectivity index (χ3n) is 6.47. The molecule has 0 aliphatic heterocycles. The summed E-state index contributed by atoms with van der Waals surface area (Å²) in [7, 11) is 1.59. The number of allylic oxidation sites excluding steroid dienone is 4. The minimum Gasteiger partial charge on any atom is -0.496 e. The van der Waals surface area contributed by atoms with Crippen molar-refractivity contribution in [2.24, 2.45) is 11.3 Å². The van der Waals surface area contributed by atoms with Crippen LogP contribution in [0.15, 0.2) is 61.2 Å². The summed E-state index contributed by atoms with van der Waals surface area (Å²) in [6, 6.07) is 7.60. The highest BCUT2D eigenvalue weighted by Gasteiger charge is 2.41. The number of guanidine groups is 1. The van der Waals surface area contributed by atoms with Gasteiger partial charge in [0.15, 0.2) is 5.96 Å². The molecule has 6 heteroatoms. The summed E-state index contributed by atoms with van der Waals surface area (Å²) in [6.07, 6.45) is 15.4. The summed E-state index contributed by atoms with van der Waals surface area (Å²) in [6.45, 7) is 4.89. The van der Waals surface area contributed by atoms with Gasteiger partial charge in [-0.1, -0.05) is 42.5 Å². The molecule has 1 aromatic carbocycles. The minimum atomic E-state index is -0.0946. The molecule has 0 heterocycles. The first-order valence-corrected chi connectivity index (χ1v) is 11.0. The molecule has 31 heavy (non-hydrogen) atoms. The number of carbonyl (C=O) groups excluding carboxylic acids is 1. The van der Waals surface area contributed by atoms with Crippen LogP contribution in [-0.4, -0.2) is 38.1 Å². The smallest absolute Gasteiger partial charge is 0.255 e. The predicted molar refractivity (Wildman–Crippen MR) is 125 cm³/mol. The molecule has 1 aromatic rings. The van der Waals surface area contributed by atoms with E-state index in [9.17, 15) is 4.79 Å². The normalized spacial score (nSPS) is 24.8. The molecule has 1 saturated carbocycles. The van der Waals surface area contributed by atoms with Crippen molar-refractivity contribution in [3.63, 3.8) is 0 Å². The predicted octanol–water partition coefficient (Wildman–Crippen LogP) is 3.79. The van der Waals surface area contributed by atoms with Gasteiger partial charge >= 0.3 is 0 Å². The van der Waals surface area contributed by atoms with Gasteiger partial charge in [-0.15, -0.1) is 6.58 Å². The second-order valence-electron chi connectivity index (χ2n) is 8.36. The summed E-state index contributed by atoms with van der Waals surface area (Å²) in [4.78, 5) is 12.9. The van der Waals surface area contributed by atoms with Crippen LogP contribution in [0.2, 0.25) is 0 Å². The van der Waals surface area contributed by atoms with Crippen molar-refractivity contribution in [1.29, 1.82) is 5.41 Å². The van der Waals surface area contributed by atoms with E-state index >= 15 is 0 Å². The molecule has 0 saturated heterocycles. The maximum absolute atomic E-state index is 12.9. The van der Waals surface area contributed by atoms with Crippen LogP contribution in [0, 0.1) is 16.7 Å². The Morgan fingerprint density at radius 1 is 1.26 bits per heavy atom. The van der Waals surface area contributed by atoms with Gasteiger partial charge in [0, 0.05) is 19.1 Å². The molecule has 2 aliphatic carbocycles. The van der Waals surface area contributed by atoms with Gasteiger partial charge < -0.3 is 20.7 Å². The zero-order valence-electron chi connectivity index (χ0n) is 18.3. The third-order valence-corrected chi connectivity index (χ3v) is 6.47. The topological polar surface area (TPSA) is 86.2 Å². The number of rotatable bonds is 8. The molecular formula is C25H34N4O2. The maximum Gasteiger partial charge on any atom is 0.255 e. The average molecular weight is 423 g/mol. The van der Waals surface area contributed by atoms with Crippen molar-refractivity contribution in [2.45, 2.75) is 38.1 Å². The number of para-hydroxylation sites is 1. The first-order valence-electron chi connectivity index (χ1n) is 11.0. The molecule has 166 valence electrons. The van der Waals surface area contributed by atoms with Crippen LogP contribution < -0.4 is 20.7 Å². The van der Waals surface area contributed by atoms with E-state index in [2.05, 4.69) is 46.8 Å². The number of benzene rings is 1. The van der Waals surface area contributed by atoms with E-state index in [1.54, 1.807) is 19.3 Å². The molecular weight excluding hydrogens is 388 g/mol. The SMILES string of the molecule is C=CCNC(=N)N[C@H]1CC[C@](CNC(=O)c2ccccc2OC)(C2C=CC=CC2)CC1. The van der Waals surface area contributed by atoms with Crippen molar-refractivity contribution in [3.8, 4) is 5.75 Å². The summed E-state index contributed by atoms with van der Waals surface area (Å²) in [5.74, 6) is 1.24. The Labute approximate surface area is 185 Å². The minimum absolute atomic E-state index is 0.00779. The third kappa shape index (κ3) is 5.78. The van der Waals surface area contributed by atoms with E-state index < -0.39 is 0 Å². The summed E-state index contributed by atoms with van der Waals surface area (Å²) < 4.78 is 5.36. The lowest BCUT2D eigenvalue weighted by molar-refractivity contribution is 0.0820. The lowest BCUT2D eigenvalue weighted by Crippen LogP contribution is -2.50. The van der Waals surface area contributed by atoms with Gasteiger partial charge in [-0.05, 0) is 55.6 Å². The number of nitrogens with one attached hydrogen (secondary N) is 4. The fourth-order valence-corrected chi connectivity index (χ4v) is 4.66. The van der Waals surface area contributed by atoms with Crippen molar-refractivity contribution >= 4 is 11.9 Å². The number of hydrogen-bond donors (Lipinski definition) is 4. The Balaban J connectivity index is 1.66. The molecule has 0 aromatic heterocycles. The quantitative estimate of drug-likeness (QED) is 0.292. The highest BCUT2D eigenvalue weighted by Crippen LogP contribution is 2.45. The molecule has 1 amide bonds. The van der Waals surface area contributed by atoms with Gasteiger partial charge in [0.05, 0.1) is 12.7 Å². The van der Waals surface area contributed by atoms with E-state index in [0.717, 1.165) is 32.1 Å². The largest absolute Gasteiger partial charge is 0.496 e. The van der Waals surface area contributed by atoms with Crippen LogP contribution in [0.25, 0.3) is 0 Å². The Morgan fingerprint density at radius 3 is 2.71 bits per heavy atom. The summed E-state index contributed by atoms with van der Waals surface area (Å²) in [5, 5.41) is 17.5. The van der Waals surface area contributed by atoms with E-state index in [0.29, 0.717) is 36.3 Å². The van der Waals surface area contributed by atoms with E-state index in [1.165, 1.54) is 0 Å². The van der Waals surface area contributed by atoms with Crippen LogP contribution >= 0.6 is 0 Å². The highest BCUT2D eigenvalue weighted by molar-refractivity contribution is 5.96. The number of hydrogen-bond acceptors (Lipinski definition) is 3. The Bertz CT molecular complexity index is 838. The first kappa shape index (κ1) is 22.7. The number of methoxy groups -OCH3 is 1. The fourth-order valence-electron chi connectivity index (χ4n) is 4.66. The molecule has 2 aliphatic rings. The molecule has 1 atom stereocenters. The van der Waals surface area contributed by atoms with E-state index in [-0.39, 0.29) is 17.4 Å². The molecule has 0 bridgehead atoms. The molecule has 6 nitrogen and oxygen atoms in total. The molecule has 4 N–H and O–H groups in total. The van der Waals surface area contributed by atoms with Gasteiger partial charge in [-0.3, -0.25) is 10.2 Å². The molecule has 0 spiro atoms. The zero-order valence-corrected chi connectivity index (χ0v) is 18.3. The molecule has 3 rings (SSSR count). The zero-order chi connectivity index (χ0) is 22.1. The maximum atomic E-state index is 12.9. The summed E-state index contributed by atoms with van der Waals surface area (Å²) >= 11 is 0. The van der Waals surface area contributed by atoms with Crippen molar-refractivity contribution < 1.29 is 9.53 Å². The highest BCUT2D eigenvalue weighted by atomic mass is 16.5. The Kier molecular flexibility index (Phi) is 7.93. The number of carbonyl (C=O) groups is 1. The van der Waals surface area contributed by atoms with Gasteiger partial charge in [0.2, 0.25) is 0 Å². The van der Waals surface area contributed by atoms with E-state index in [4.69, 9.17) is 10.1 Å². The first-order chi connectivity index (χ1) is 15.1. The fraction of sp³-hybridized carbons (Fsp3) is 0.440. The van der Waals surface area contributed by atoms with Crippen LogP contribution in [-0.2, 0) is 0 Å². The summed E-state index contributed by atoms with van der Waals surface area (Å²) in [5.41, 5.74) is 0.574. The standard InChI is InChI=1S/C25H34N4O2/c1-3-17-27-24(26)29-20-13-15-25(16-14-20,19-9-5-4-6-10-19)18-28-23(30)21-11-7-8-12-22(21)31-2/h3-9,11-12,19-20H,1,10,13-18H2,2H3,(H,28,30)(H3,26,27,29)/t19?,20-,25-. The number of amides is 1. The Morgan fingerprint density at radius 2 is 2.03 bits per heavy atom. The van der Waals surface area contributed by atoms with Crippen molar-refractivity contribution in [2.75, 3.05) is 20.2 Å². The second-order valence-corrected chi connectivity index (χ2v) is 8.36.